The second-order valence-electron chi connectivity index (χ2n) is 6.04. The summed E-state index contributed by atoms with van der Waals surface area (Å²) in [6, 6.07) is 5.58. The minimum atomic E-state index is -1.98. The van der Waals surface area contributed by atoms with Crippen LogP contribution in [0.5, 0.6) is 5.75 Å². The molecule has 4 N–H and O–H groups in total. The third kappa shape index (κ3) is 4.37. The number of carboxylic acid groups (broad SMARTS) is 1. The van der Waals surface area contributed by atoms with Gasteiger partial charge < -0.3 is 34.7 Å². The van der Waals surface area contributed by atoms with Gasteiger partial charge in [0.2, 0.25) is 6.29 Å². The molecule has 14 heteroatoms. The number of para-hydroxylation sites is 1. The van der Waals surface area contributed by atoms with Gasteiger partial charge >= 0.3 is 5.00 Å². The fraction of sp³-hybridized carbons (Fsp3) is 0.312. The van der Waals surface area contributed by atoms with Crippen molar-refractivity contribution in [1.29, 1.82) is 0 Å². The van der Waals surface area contributed by atoms with Crippen LogP contribution < -0.4 is 15.2 Å². The molecule has 1 fully saturated rings. The number of aromatic nitrogens is 1. The number of carbonyl (C=O) groups excluding carboxylic acids is 2. The maximum Gasteiger partial charge on any atom is 0.345 e. The zero-order valence-corrected chi connectivity index (χ0v) is 15.6. The molecule has 1 aromatic heterocycles. The van der Waals surface area contributed by atoms with Crippen molar-refractivity contribution in [2.75, 3.05) is 5.32 Å². The number of amides is 1. The lowest BCUT2D eigenvalue weighted by Gasteiger charge is -2.40. The standard InChI is InChI=1S/C16H15N3O10S/c20-9-10(21)12(14(24)25)29-15(11(9)22)28-7-4-2-1-3-6(7)13(23)18-16-17-5-8(30-16)19(26)27/h1-5,9-12,15,20-22H,(H,24,25)(H,17,18,23)/p-1/t9-,10-,11+,12-,15+/m0/s1. The van der Waals surface area contributed by atoms with Gasteiger partial charge in [0.25, 0.3) is 5.91 Å². The highest BCUT2D eigenvalue weighted by Crippen LogP contribution is 2.29. The number of hydrogen-bond acceptors (Lipinski definition) is 12. The summed E-state index contributed by atoms with van der Waals surface area (Å²) in [7, 11) is 0. The summed E-state index contributed by atoms with van der Waals surface area (Å²) in [5, 5.41) is 53.4. The molecular formula is C16H14N3O10S-. The number of nitrogens with one attached hydrogen (secondary N) is 1. The van der Waals surface area contributed by atoms with Gasteiger partial charge in [-0.05, 0) is 23.5 Å². The predicted molar refractivity (Wildman–Crippen MR) is 95.5 cm³/mol. The SMILES string of the molecule is O=C(Nc1ncc([N+](=O)[O-])s1)c1ccccc1O[C@@H]1O[C@H](C(=O)[O-])[C@@H](O)[C@H](O)[C@H]1O. The molecule has 0 saturated carbocycles. The van der Waals surface area contributed by atoms with Crippen LogP contribution in [-0.4, -0.2) is 67.8 Å². The average molecular weight is 440 g/mol. The van der Waals surface area contributed by atoms with Gasteiger partial charge in [0.15, 0.2) is 5.13 Å². The largest absolute Gasteiger partial charge is 0.547 e. The third-order valence-electron chi connectivity index (χ3n) is 4.07. The third-order valence-corrected chi connectivity index (χ3v) is 4.94. The molecule has 1 aliphatic heterocycles. The molecule has 2 heterocycles. The number of benzene rings is 1. The van der Waals surface area contributed by atoms with Crippen molar-refractivity contribution >= 4 is 33.3 Å². The Labute approximate surface area is 171 Å². The Bertz CT molecular complexity index is 966. The van der Waals surface area contributed by atoms with Crippen LogP contribution >= 0.6 is 11.3 Å². The Balaban J connectivity index is 1.79. The molecule has 13 nitrogen and oxygen atoms in total. The van der Waals surface area contributed by atoms with E-state index in [0.29, 0.717) is 11.3 Å². The van der Waals surface area contributed by atoms with Crippen LogP contribution in [0.3, 0.4) is 0 Å². The van der Waals surface area contributed by atoms with Crippen molar-refractivity contribution in [2.24, 2.45) is 0 Å². The monoisotopic (exact) mass is 440 g/mol. The van der Waals surface area contributed by atoms with E-state index in [1.807, 2.05) is 0 Å². The highest BCUT2D eigenvalue weighted by Gasteiger charge is 2.45. The molecule has 1 aromatic carbocycles. The Hall–Kier alpha value is -3.17. The Kier molecular flexibility index (Phi) is 6.23. The number of nitrogens with zero attached hydrogens (tertiary/aromatic N) is 2. The van der Waals surface area contributed by atoms with Gasteiger partial charge in [-0.2, -0.15) is 0 Å². The van der Waals surface area contributed by atoms with Crippen LogP contribution in [0.1, 0.15) is 10.4 Å². The number of aliphatic hydroxyl groups is 3. The fourth-order valence-corrected chi connectivity index (χ4v) is 3.22. The summed E-state index contributed by atoms with van der Waals surface area (Å²) < 4.78 is 10.3. The Morgan fingerprint density at radius 1 is 1.20 bits per heavy atom. The number of ether oxygens (including phenoxy) is 2. The number of carboxylic acids is 1. The van der Waals surface area contributed by atoms with Crippen LogP contribution in [-0.2, 0) is 9.53 Å². The van der Waals surface area contributed by atoms with E-state index in [9.17, 15) is 40.1 Å². The molecule has 160 valence electrons. The molecule has 0 spiro atoms. The second-order valence-corrected chi connectivity index (χ2v) is 7.05. The zero-order chi connectivity index (χ0) is 22.0. The lowest BCUT2D eigenvalue weighted by atomic mass is 9.99. The molecule has 0 bridgehead atoms. The van der Waals surface area contributed by atoms with Crippen molar-refractivity contribution < 1.29 is 44.4 Å². The first-order chi connectivity index (χ1) is 14.2. The molecule has 0 radical (unpaired) electrons. The zero-order valence-electron chi connectivity index (χ0n) is 14.8. The normalized spacial score (nSPS) is 26.0. The number of rotatable bonds is 6. The molecule has 5 atom stereocenters. The van der Waals surface area contributed by atoms with Crippen molar-refractivity contribution in [3.05, 3.63) is 46.1 Å². The van der Waals surface area contributed by atoms with Gasteiger partial charge in [0, 0.05) is 0 Å². The number of aliphatic hydroxyl groups excluding tert-OH is 3. The van der Waals surface area contributed by atoms with Gasteiger partial charge in [-0.1, -0.05) is 12.1 Å². The topological polar surface area (TPSA) is 204 Å². The van der Waals surface area contributed by atoms with E-state index >= 15 is 0 Å². The van der Waals surface area contributed by atoms with Crippen LogP contribution in [0.15, 0.2) is 30.5 Å². The lowest BCUT2D eigenvalue weighted by Crippen LogP contribution is -2.63. The van der Waals surface area contributed by atoms with Crippen LogP contribution in [0.2, 0.25) is 0 Å². The summed E-state index contributed by atoms with van der Waals surface area (Å²) in [4.78, 5) is 37.4. The maximum atomic E-state index is 12.5. The first kappa shape index (κ1) is 21.5. The lowest BCUT2D eigenvalue weighted by molar-refractivity contribution is -0.380. The average Bonchev–Trinajstić information content (AvgIpc) is 3.17. The first-order valence-corrected chi connectivity index (χ1v) is 9.08. The van der Waals surface area contributed by atoms with Gasteiger partial charge in [-0.25, -0.2) is 4.98 Å². The van der Waals surface area contributed by atoms with E-state index in [4.69, 9.17) is 9.47 Å². The van der Waals surface area contributed by atoms with Gasteiger partial charge in [-0.3, -0.25) is 20.2 Å². The number of thiazole rings is 1. The minimum Gasteiger partial charge on any atom is -0.547 e. The second kappa shape index (κ2) is 8.68. The predicted octanol–water partition coefficient (Wildman–Crippen LogP) is -1.76. The smallest absolute Gasteiger partial charge is 0.345 e. The first-order valence-electron chi connectivity index (χ1n) is 8.27. The summed E-state index contributed by atoms with van der Waals surface area (Å²) in [5.74, 6) is -2.76. The number of anilines is 1. The van der Waals surface area contributed by atoms with E-state index < -0.39 is 47.5 Å². The van der Waals surface area contributed by atoms with E-state index in [-0.39, 0.29) is 21.4 Å². The molecule has 1 saturated heterocycles. The summed E-state index contributed by atoms with van der Waals surface area (Å²) in [5.41, 5.74) is -0.100. The molecule has 30 heavy (non-hydrogen) atoms. The Morgan fingerprint density at radius 3 is 2.53 bits per heavy atom. The molecular weight excluding hydrogens is 426 g/mol. The van der Waals surface area contributed by atoms with E-state index in [0.717, 1.165) is 6.20 Å². The van der Waals surface area contributed by atoms with Crippen LogP contribution in [0, 0.1) is 10.1 Å². The molecule has 2 aromatic rings. The van der Waals surface area contributed by atoms with E-state index in [1.54, 1.807) is 0 Å². The van der Waals surface area contributed by atoms with Crippen molar-refractivity contribution in [3.8, 4) is 5.75 Å². The Morgan fingerprint density at radius 2 is 1.90 bits per heavy atom. The fourth-order valence-electron chi connectivity index (χ4n) is 2.59. The molecule has 0 unspecified atom stereocenters. The van der Waals surface area contributed by atoms with Crippen molar-refractivity contribution in [2.45, 2.75) is 30.7 Å². The molecule has 0 aliphatic carbocycles. The summed E-state index contributed by atoms with van der Waals surface area (Å²) in [6.45, 7) is 0. The van der Waals surface area contributed by atoms with Crippen LogP contribution in [0.4, 0.5) is 10.1 Å². The maximum absolute atomic E-state index is 12.5. The minimum absolute atomic E-state index is 0.0500. The number of nitro groups is 1. The highest BCUT2D eigenvalue weighted by atomic mass is 32.1. The molecule has 1 aliphatic rings. The number of carbonyl (C=O) groups is 2. The van der Waals surface area contributed by atoms with Gasteiger partial charge in [0.05, 0.1) is 16.5 Å². The van der Waals surface area contributed by atoms with Gasteiger partial charge in [-0.15, -0.1) is 0 Å². The number of aliphatic carboxylic acids is 1. The van der Waals surface area contributed by atoms with Crippen LogP contribution in [0.25, 0.3) is 0 Å². The van der Waals surface area contributed by atoms with Crippen molar-refractivity contribution in [1.82, 2.24) is 4.98 Å². The van der Waals surface area contributed by atoms with Crippen molar-refractivity contribution in [3.63, 3.8) is 0 Å². The highest BCUT2D eigenvalue weighted by molar-refractivity contribution is 7.18. The van der Waals surface area contributed by atoms with E-state index in [2.05, 4.69) is 10.3 Å². The van der Waals surface area contributed by atoms with Gasteiger partial charge in [0.1, 0.15) is 36.4 Å². The van der Waals surface area contributed by atoms with E-state index in [1.165, 1.54) is 24.3 Å². The number of hydrogen-bond donors (Lipinski definition) is 4. The summed E-state index contributed by atoms with van der Waals surface area (Å²) >= 11 is 0.629. The molecule has 1 amide bonds. The molecule has 3 rings (SSSR count). The quantitative estimate of drug-likeness (QED) is 0.292. The summed E-state index contributed by atoms with van der Waals surface area (Å²) in [6.07, 6.45) is -8.46.